The second kappa shape index (κ2) is 4.45. The molecule has 0 saturated carbocycles. The third kappa shape index (κ3) is 2.29. The molecular formula is C12H18N2S. The number of fused-ring (bicyclic) bond motifs is 1. The first kappa shape index (κ1) is 10.8. The quantitative estimate of drug-likeness (QED) is 0.795. The number of hydrogen-bond donors (Lipinski definition) is 1. The van der Waals surface area contributed by atoms with Crippen molar-refractivity contribution in [1.29, 1.82) is 0 Å². The molecule has 0 saturated heterocycles. The van der Waals surface area contributed by atoms with Crippen molar-refractivity contribution >= 4 is 11.3 Å². The van der Waals surface area contributed by atoms with Crippen LogP contribution < -0.4 is 5.32 Å². The Morgan fingerprint density at radius 2 is 2.47 bits per heavy atom. The van der Waals surface area contributed by atoms with Crippen molar-refractivity contribution in [2.45, 2.75) is 45.2 Å². The summed E-state index contributed by atoms with van der Waals surface area (Å²) < 4.78 is 0. The average Bonchev–Trinajstić information content (AvgIpc) is 2.61. The summed E-state index contributed by atoms with van der Waals surface area (Å²) in [5, 5.41) is 4.78. The maximum absolute atomic E-state index is 4.68. The van der Waals surface area contributed by atoms with Gasteiger partial charge in [-0.1, -0.05) is 19.9 Å². The van der Waals surface area contributed by atoms with E-state index in [4.69, 9.17) is 0 Å². The lowest BCUT2D eigenvalue weighted by Crippen LogP contribution is -2.34. The van der Waals surface area contributed by atoms with Crippen LogP contribution in [-0.4, -0.2) is 11.0 Å². The zero-order chi connectivity index (χ0) is 10.8. The maximum Gasteiger partial charge on any atom is 0.0957 e. The second-order valence-electron chi connectivity index (χ2n) is 4.38. The summed E-state index contributed by atoms with van der Waals surface area (Å²) >= 11 is 1.89. The Kier molecular flexibility index (Phi) is 3.22. The minimum absolute atomic E-state index is 0.554. The van der Waals surface area contributed by atoms with Crippen molar-refractivity contribution in [1.82, 2.24) is 10.3 Å². The highest BCUT2D eigenvalue weighted by Crippen LogP contribution is 2.28. The molecule has 0 aromatic carbocycles. The van der Waals surface area contributed by atoms with E-state index in [1.165, 1.54) is 15.6 Å². The third-order valence-corrected chi connectivity index (χ3v) is 4.15. The predicted octanol–water partition coefficient (Wildman–Crippen LogP) is 2.86. The maximum atomic E-state index is 4.68. The Hall–Kier alpha value is -0.670. The topological polar surface area (TPSA) is 24.9 Å². The molecule has 3 heteroatoms. The summed E-state index contributed by atoms with van der Waals surface area (Å²) in [6.45, 7) is 9.13. The zero-order valence-corrected chi connectivity index (χ0v) is 10.2. The van der Waals surface area contributed by atoms with E-state index in [1.807, 2.05) is 17.4 Å². The van der Waals surface area contributed by atoms with Gasteiger partial charge in [-0.25, -0.2) is 4.98 Å². The fourth-order valence-electron chi connectivity index (χ4n) is 1.85. The van der Waals surface area contributed by atoms with Crippen LogP contribution in [0.3, 0.4) is 0 Å². The molecule has 82 valence electrons. The molecule has 1 aliphatic heterocycles. The van der Waals surface area contributed by atoms with Gasteiger partial charge in [0.1, 0.15) is 0 Å². The molecule has 2 rings (SSSR count). The molecule has 2 heterocycles. The number of thiazole rings is 1. The first-order chi connectivity index (χ1) is 7.20. The number of hydrogen-bond acceptors (Lipinski definition) is 3. The molecule has 15 heavy (non-hydrogen) atoms. The molecule has 1 atom stereocenters. The SMILES string of the molecule is C=CCC1Cc2sc(C(C)C)nc2CN1. The van der Waals surface area contributed by atoms with E-state index in [1.54, 1.807) is 0 Å². The minimum Gasteiger partial charge on any atom is -0.308 e. The fraction of sp³-hybridized carbons (Fsp3) is 0.583. The monoisotopic (exact) mass is 222 g/mol. The van der Waals surface area contributed by atoms with Crippen LogP contribution in [0.15, 0.2) is 12.7 Å². The molecule has 0 bridgehead atoms. The van der Waals surface area contributed by atoms with Gasteiger partial charge in [0.25, 0.3) is 0 Å². The highest BCUT2D eigenvalue weighted by Gasteiger charge is 2.21. The summed E-state index contributed by atoms with van der Waals surface area (Å²) in [4.78, 5) is 6.15. The van der Waals surface area contributed by atoms with E-state index in [9.17, 15) is 0 Å². The van der Waals surface area contributed by atoms with Gasteiger partial charge in [0, 0.05) is 23.4 Å². The predicted molar refractivity (Wildman–Crippen MR) is 65.3 cm³/mol. The minimum atomic E-state index is 0.554. The Bertz CT molecular complexity index is 355. The molecule has 0 radical (unpaired) electrons. The van der Waals surface area contributed by atoms with Crippen LogP contribution in [0.5, 0.6) is 0 Å². The average molecular weight is 222 g/mol. The van der Waals surface area contributed by atoms with E-state index >= 15 is 0 Å². The lowest BCUT2D eigenvalue weighted by Gasteiger charge is -2.21. The van der Waals surface area contributed by atoms with Gasteiger partial charge in [-0.2, -0.15) is 0 Å². The molecule has 0 spiro atoms. The van der Waals surface area contributed by atoms with Crippen LogP contribution in [0.2, 0.25) is 0 Å². The largest absolute Gasteiger partial charge is 0.308 e. The Morgan fingerprint density at radius 3 is 3.13 bits per heavy atom. The lowest BCUT2D eigenvalue weighted by atomic mass is 10.0. The van der Waals surface area contributed by atoms with Gasteiger partial charge in [-0.3, -0.25) is 0 Å². The molecular weight excluding hydrogens is 204 g/mol. The number of aromatic nitrogens is 1. The first-order valence-electron chi connectivity index (χ1n) is 5.53. The normalized spacial score (nSPS) is 20.3. The molecule has 2 nitrogen and oxygen atoms in total. The van der Waals surface area contributed by atoms with E-state index in [0.717, 1.165) is 19.4 Å². The summed E-state index contributed by atoms with van der Waals surface area (Å²) in [6, 6.07) is 0.565. The van der Waals surface area contributed by atoms with E-state index in [-0.39, 0.29) is 0 Å². The summed E-state index contributed by atoms with van der Waals surface area (Å²) in [5.74, 6) is 0.554. The Balaban J connectivity index is 2.15. The van der Waals surface area contributed by atoms with Gasteiger partial charge in [-0.05, 0) is 12.8 Å². The highest BCUT2D eigenvalue weighted by atomic mass is 32.1. The van der Waals surface area contributed by atoms with Gasteiger partial charge >= 0.3 is 0 Å². The molecule has 1 N–H and O–H groups in total. The standard InChI is InChI=1S/C12H18N2S/c1-4-5-9-6-11-10(7-13-9)14-12(15-11)8(2)3/h4,8-9,13H,1,5-7H2,2-3H3. The second-order valence-corrected chi connectivity index (χ2v) is 5.50. The third-order valence-electron chi connectivity index (χ3n) is 2.73. The summed E-state index contributed by atoms with van der Waals surface area (Å²) in [5.41, 5.74) is 1.27. The van der Waals surface area contributed by atoms with Crippen molar-refractivity contribution in [3.63, 3.8) is 0 Å². The van der Waals surface area contributed by atoms with Gasteiger partial charge in [0.05, 0.1) is 10.7 Å². The van der Waals surface area contributed by atoms with E-state index in [2.05, 4.69) is 30.7 Å². The van der Waals surface area contributed by atoms with E-state index in [0.29, 0.717) is 12.0 Å². The zero-order valence-electron chi connectivity index (χ0n) is 9.42. The van der Waals surface area contributed by atoms with Gasteiger partial charge < -0.3 is 5.32 Å². The van der Waals surface area contributed by atoms with Crippen LogP contribution in [0, 0.1) is 0 Å². The Morgan fingerprint density at radius 1 is 1.67 bits per heavy atom. The van der Waals surface area contributed by atoms with Gasteiger partial charge in [0.15, 0.2) is 0 Å². The molecule has 0 fully saturated rings. The smallest absolute Gasteiger partial charge is 0.0957 e. The number of nitrogens with one attached hydrogen (secondary N) is 1. The van der Waals surface area contributed by atoms with Gasteiger partial charge in [0.2, 0.25) is 0 Å². The van der Waals surface area contributed by atoms with Crippen molar-refractivity contribution < 1.29 is 0 Å². The first-order valence-corrected chi connectivity index (χ1v) is 6.35. The number of rotatable bonds is 3. The molecule has 0 aliphatic carbocycles. The van der Waals surface area contributed by atoms with Crippen molar-refractivity contribution in [3.05, 3.63) is 28.2 Å². The van der Waals surface area contributed by atoms with Gasteiger partial charge in [-0.15, -0.1) is 17.9 Å². The van der Waals surface area contributed by atoms with E-state index < -0.39 is 0 Å². The van der Waals surface area contributed by atoms with Crippen LogP contribution in [0.4, 0.5) is 0 Å². The fourth-order valence-corrected chi connectivity index (χ4v) is 3.02. The van der Waals surface area contributed by atoms with Crippen molar-refractivity contribution in [3.8, 4) is 0 Å². The molecule has 1 aliphatic rings. The van der Waals surface area contributed by atoms with Crippen molar-refractivity contribution in [2.24, 2.45) is 0 Å². The summed E-state index contributed by atoms with van der Waals surface area (Å²) in [6.07, 6.45) is 4.16. The Labute approximate surface area is 95.4 Å². The van der Waals surface area contributed by atoms with Crippen LogP contribution >= 0.6 is 11.3 Å². The number of nitrogens with zero attached hydrogens (tertiary/aromatic N) is 1. The molecule has 1 aromatic rings. The van der Waals surface area contributed by atoms with Crippen LogP contribution in [0.25, 0.3) is 0 Å². The lowest BCUT2D eigenvalue weighted by molar-refractivity contribution is 0.482. The molecule has 1 aromatic heterocycles. The highest BCUT2D eigenvalue weighted by molar-refractivity contribution is 7.11. The summed E-state index contributed by atoms with van der Waals surface area (Å²) in [7, 11) is 0. The molecule has 0 amide bonds. The van der Waals surface area contributed by atoms with Crippen LogP contribution in [0.1, 0.15) is 41.8 Å². The molecule has 1 unspecified atom stereocenters. The van der Waals surface area contributed by atoms with Crippen LogP contribution in [-0.2, 0) is 13.0 Å². The van der Waals surface area contributed by atoms with Crippen molar-refractivity contribution in [2.75, 3.05) is 0 Å².